The van der Waals surface area contributed by atoms with Crippen LogP contribution in [0, 0.1) is 0 Å². The summed E-state index contributed by atoms with van der Waals surface area (Å²) in [5, 5.41) is 7.62. The maximum absolute atomic E-state index is 5.96. The summed E-state index contributed by atoms with van der Waals surface area (Å²) in [6, 6.07) is 8.34. The van der Waals surface area contributed by atoms with E-state index in [2.05, 4.69) is 22.8 Å². The van der Waals surface area contributed by atoms with Gasteiger partial charge >= 0.3 is 0 Å². The van der Waals surface area contributed by atoms with Crippen molar-refractivity contribution in [2.75, 3.05) is 7.05 Å². The molecule has 98 valence electrons. The van der Waals surface area contributed by atoms with Crippen LogP contribution in [0.2, 0.25) is 5.02 Å². The molecule has 1 unspecified atom stereocenters. The van der Waals surface area contributed by atoms with Crippen molar-refractivity contribution in [2.45, 2.75) is 37.3 Å². The molecule has 0 radical (unpaired) electrons. The Morgan fingerprint density at radius 3 is 2.39 bits per heavy atom. The number of nitrogens with one attached hydrogen (secondary N) is 2. The van der Waals surface area contributed by atoms with Crippen LogP contribution in [-0.4, -0.2) is 18.1 Å². The van der Waals surface area contributed by atoms with Gasteiger partial charge in [-0.05, 0) is 37.6 Å². The van der Waals surface area contributed by atoms with Crippen LogP contribution in [0.5, 0.6) is 0 Å². The molecule has 0 aromatic heterocycles. The number of thiocarbonyl (C=S) groups is 1. The first-order valence-corrected chi connectivity index (χ1v) is 7.21. The first-order chi connectivity index (χ1) is 8.72. The standard InChI is InChI=1S/C14H19ClN2S/c1-16-13(11-4-6-12(15)7-5-11)14(17-10-18)8-2-3-9-14/h4-7,10,13,16H,2-3,8-9H2,1H3,(H,17,18). The highest BCUT2D eigenvalue weighted by atomic mass is 35.5. The van der Waals surface area contributed by atoms with Crippen molar-refractivity contribution >= 4 is 29.3 Å². The maximum Gasteiger partial charge on any atom is 0.0619 e. The summed E-state index contributed by atoms with van der Waals surface area (Å²) in [5.41, 5.74) is 2.96. The molecular weight excluding hydrogens is 264 g/mol. The van der Waals surface area contributed by atoms with E-state index in [4.69, 9.17) is 23.8 Å². The summed E-state index contributed by atoms with van der Waals surface area (Å²) < 4.78 is 0. The molecule has 1 atom stereocenters. The zero-order valence-corrected chi connectivity index (χ0v) is 12.2. The maximum atomic E-state index is 5.96. The fourth-order valence-corrected chi connectivity index (χ4v) is 3.42. The van der Waals surface area contributed by atoms with Crippen molar-refractivity contribution in [2.24, 2.45) is 0 Å². The third-order valence-corrected chi connectivity index (χ3v) is 4.26. The van der Waals surface area contributed by atoms with Gasteiger partial charge in [-0.2, -0.15) is 0 Å². The van der Waals surface area contributed by atoms with Gasteiger partial charge in [-0.3, -0.25) is 0 Å². The lowest BCUT2D eigenvalue weighted by Gasteiger charge is -2.38. The molecule has 2 nitrogen and oxygen atoms in total. The third-order valence-electron chi connectivity index (χ3n) is 3.89. The van der Waals surface area contributed by atoms with Gasteiger partial charge in [0.1, 0.15) is 0 Å². The molecule has 0 bridgehead atoms. The van der Waals surface area contributed by atoms with E-state index in [1.807, 2.05) is 19.2 Å². The summed E-state index contributed by atoms with van der Waals surface area (Å²) in [6.07, 6.45) is 4.80. The van der Waals surface area contributed by atoms with Gasteiger partial charge in [-0.15, -0.1) is 0 Å². The molecule has 1 aliphatic carbocycles. The summed E-state index contributed by atoms with van der Waals surface area (Å²) >= 11 is 11.0. The van der Waals surface area contributed by atoms with E-state index in [0.717, 1.165) is 17.9 Å². The van der Waals surface area contributed by atoms with Crippen LogP contribution in [0.25, 0.3) is 0 Å². The van der Waals surface area contributed by atoms with Gasteiger partial charge in [0.2, 0.25) is 0 Å². The van der Waals surface area contributed by atoms with Crippen LogP contribution in [0.15, 0.2) is 24.3 Å². The van der Waals surface area contributed by atoms with Gasteiger partial charge in [-0.1, -0.05) is 48.8 Å². The highest BCUT2D eigenvalue weighted by molar-refractivity contribution is 7.78. The molecule has 0 aliphatic heterocycles. The lowest BCUT2D eigenvalue weighted by molar-refractivity contribution is 0.288. The molecule has 4 heteroatoms. The Kier molecular flexibility index (Phi) is 4.60. The minimum Gasteiger partial charge on any atom is -0.375 e. The smallest absolute Gasteiger partial charge is 0.0619 e. The highest BCUT2D eigenvalue weighted by Crippen LogP contribution is 2.39. The second-order valence-corrected chi connectivity index (χ2v) is 5.57. The molecule has 0 heterocycles. The molecule has 1 aromatic carbocycles. The van der Waals surface area contributed by atoms with E-state index in [1.165, 1.54) is 18.4 Å². The fraction of sp³-hybridized carbons (Fsp3) is 0.500. The van der Waals surface area contributed by atoms with Crippen molar-refractivity contribution in [1.29, 1.82) is 0 Å². The van der Waals surface area contributed by atoms with Crippen molar-refractivity contribution in [1.82, 2.24) is 10.6 Å². The zero-order valence-electron chi connectivity index (χ0n) is 10.6. The minimum atomic E-state index is 0.0460. The van der Waals surface area contributed by atoms with Crippen molar-refractivity contribution < 1.29 is 0 Å². The molecule has 0 amide bonds. The molecule has 2 N–H and O–H groups in total. The van der Waals surface area contributed by atoms with Crippen LogP contribution in [0.3, 0.4) is 0 Å². The number of rotatable bonds is 5. The largest absolute Gasteiger partial charge is 0.375 e. The van der Waals surface area contributed by atoms with E-state index in [0.29, 0.717) is 0 Å². The Bertz CT molecular complexity index is 399. The number of benzene rings is 1. The molecule has 1 aliphatic rings. The number of hydrogen-bond donors (Lipinski definition) is 2. The van der Waals surface area contributed by atoms with Gasteiger partial charge in [0.25, 0.3) is 0 Å². The quantitative estimate of drug-likeness (QED) is 0.809. The molecule has 18 heavy (non-hydrogen) atoms. The second kappa shape index (κ2) is 6.00. The molecule has 1 fully saturated rings. The Balaban J connectivity index is 2.30. The van der Waals surface area contributed by atoms with Crippen LogP contribution in [-0.2, 0) is 0 Å². The predicted molar refractivity (Wildman–Crippen MR) is 81.2 cm³/mol. The number of likely N-dealkylation sites (N-methyl/N-ethyl adjacent to an activating group) is 1. The monoisotopic (exact) mass is 282 g/mol. The Morgan fingerprint density at radius 2 is 1.89 bits per heavy atom. The van der Waals surface area contributed by atoms with E-state index in [-0.39, 0.29) is 11.6 Å². The summed E-state index contributed by atoms with van der Waals surface area (Å²) in [4.78, 5) is 0. The topological polar surface area (TPSA) is 24.1 Å². The molecule has 0 spiro atoms. The second-order valence-electron chi connectivity index (χ2n) is 4.90. The Morgan fingerprint density at radius 1 is 1.28 bits per heavy atom. The lowest BCUT2D eigenvalue weighted by Crippen LogP contribution is -2.51. The summed E-state index contributed by atoms with van der Waals surface area (Å²) in [7, 11) is 2.00. The molecule has 1 aromatic rings. The third kappa shape index (κ3) is 2.68. The average molecular weight is 283 g/mol. The molecule has 2 rings (SSSR count). The van der Waals surface area contributed by atoms with Gasteiger partial charge < -0.3 is 10.6 Å². The molecule has 0 saturated heterocycles. The molecule has 1 saturated carbocycles. The normalized spacial score (nSPS) is 19.4. The highest BCUT2D eigenvalue weighted by Gasteiger charge is 2.40. The lowest BCUT2D eigenvalue weighted by atomic mass is 9.84. The predicted octanol–water partition coefficient (Wildman–Crippen LogP) is 3.46. The Labute approximate surface area is 119 Å². The summed E-state index contributed by atoms with van der Waals surface area (Å²) in [6.45, 7) is 0. The number of halogens is 1. The van der Waals surface area contributed by atoms with Crippen LogP contribution < -0.4 is 10.6 Å². The zero-order chi connectivity index (χ0) is 13.0. The van der Waals surface area contributed by atoms with Crippen LogP contribution in [0.1, 0.15) is 37.3 Å². The van der Waals surface area contributed by atoms with Crippen LogP contribution in [0.4, 0.5) is 0 Å². The average Bonchev–Trinajstić information content (AvgIpc) is 2.82. The first-order valence-electron chi connectivity index (χ1n) is 6.36. The van der Waals surface area contributed by atoms with Gasteiger partial charge in [0.15, 0.2) is 0 Å². The van der Waals surface area contributed by atoms with Crippen molar-refractivity contribution in [3.8, 4) is 0 Å². The van der Waals surface area contributed by atoms with Gasteiger partial charge in [-0.25, -0.2) is 0 Å². The van der Waals surface area contributed by atoms with Crippen molar-refractivity contribution in [3.05, 3.63) is 34.9 Å². The van der Waals surface area contributed by atoms with E-state index >= 15 is 0 Å². The summed E-state index contributed by atoms with van der Waals surface area (Å²) in [5.74, 6) is 0. The van der Waals surface area contributed by atoms with Crippen LogP contribution >= 0.6 is 23.8 Å². The SMILES string of the molecule is CNC(c1ccc(Cl)cc1)C1(NC=S)CCCC1. The Hall–Kier alpha value is -0.640. The van der Waals surface area contributed by atoms with Gasteiger partial charge in [0.05, 0.1) is 17.1 Å². The van der Waals surface area contributed by atoms with E-state index in [1.54, 1.807) is 5.49 Å². The van der Waals surface area contributed by atoms with E-state index in [9.17, 15) is 0 Å². The number of hydrogen-bond acceptors (Lipinski definition) is 2. The van der Waals surface area contributed by atoms with E-state index < -0.39 is 0 Å². The fourth-order valence-electron chi connectivity index (χ4n) is 3.06. The minimum absolute atomic E-state index is 0.0460. The van der Waals surface area contributed by atoms with Gasteiger partial charge in [0, 0.05) is 5.02 Å². The van der Waals surface area contributed by atoms with Crippen molar-refractivity contribution in [3.63, 3.8) is 0 Å². The molecular formula is C14H19ClN2S. The first kappa shape index (κ1) is 13.8.